The van der Waals surface area contributed by atoms with Crippen LogP contribution >= 0.6 is 11.6 Å². The number of ether oxygens (including phenoxy) is 1. The minimum absolute atomic E-state index is 0.397. The number of halogens is 1. The molecule has 0 aromatic heterocycles. The SMILES string of the molecule is CCC(Cl)OC(=O)N=S(=O)=O. The van der Waals surface area contributed by atoms with Gasteiger partial charge in [0.1, 0.15) is 0 Å². The highest BCUT2D eigenvalue weighted by molar-refractivity contribution is 7.62. The molecule has 1 amide bonds. The molecule has 0 saturated carbocycles. The summed E-state index contributed by atoms with van der Waals surface area (Å²) in [5, 5.41) is 0. The zero-order valence-corrected chi connectivity index (χ0v) is 7.22. The van der Waals surface area contributed by atoms with E-state index in [4.69, 9.17) is 11.6 Å². The van der Waals surface area contributed by atoms with E-state index in [1.165, 1.54) is 0 Å². The molecule has 0 saturated heterocycles. The molecule has 0 aliphatic carbocycles. The second-order valence-electron chi connectivity index (χ2n) is 1.51. The maximum Gasteiger partial charge on any atom is 0.450 e. The highest BCUT2D eigenvalue weighted by atomic mass is 35.5. The van der Waals surface area contributed by atoms with Crippen LogP contribution in [0.5, 0.6) is 0 Å². The van der Waals surface area contributed by atoms with Crippen LogP contribution < -0.4 is 0 Å². The van der Waals surface area contributed by atoms with E-state index in [0.717, 1.165) is 0 Å². The minimum atomic E-state index is -2.77. The van der Waals surface area contributed by atoms with E-state index in [0.29, 0.717) is 6.42 Å². The van der Waals surface area contributed by atoms with Crippen LogP contribution in [-0.2, 0) is 15.2 Å². The summed E-state index contributed by atoms with van der Waals surface area (Å²) < 4.78 is 26.4. The van der Waals surface area contributed by atoms with Gasteiger partial charge >= 0.3 is 16.6 Å². The maximum atomic E-state index is 10.4. The molecule has 0 aliphatic rings. The third-order valence-electron chi connectivity index (χ3n) is 0.699. The Kier molecular flexibility index (Phi) is 4.80. The van der Waals surface area contributed by atoms with Crippen molar-refractivity contribution in [3.63, 3.8) is 0 Å². The third kappa shape index (κ3) is 5.81. The first-order valence-electron chi connectivity index (χ1n) is 2.72. The van der Waals surface area contributed by atoms with Crippen molar-refractivity contribution in [3.8, 4) is 0 Å². The van der Waals surface area contributed by atoms with Gasteiger partial charge in [-0.15, -0.1) is 0 Å². The number of hydrogen-bond donors (Lipinski definition) is 0. The first-order chi connectivity index (χ1) is 5.06. The Morgan fingerprint density at radius 1 is 1.73 bits per heavy atom. The summed E-state index contributed by atoms with van der Waals surface area (Å²) in [6, 6.07) is 0. The third-order valence-corrected chi connectivity index (χ3v) is 1.39. The summed E-state index contributed by atoms with van der Waals surface area (Å²) in [4.78, 5) is 10.4. The normalized spacial score (nSPS) is 11.8. The van der Waals surface area contributed by atoms with Crippen molar-refractivity contribution < 1.29 is 17.9 Å². The first kappa shape index (κ1) is 10.4. The minimum Gasteiger partial charge on any atom is -0.428 e. The second-order valence-corrected chi connectivity index (χ2v) is 2.61. The first-order valence-corrected chi connectivity index (χ1v) is 4.19. The Labute approximate surface area is 70.0 Å². The van der Waals surface area contributed by atoms with E-state index in [2.05, 4.69) is 9.10 Å². The molecular formula is C4H6ClNO4S. The molecule has 0 aliphatic heterocycles. The molecular weight excluding hydrogens is 194 g/mol. The van der Waals surface area contributed by atoms with Crippen molar-refractivity contribution in [3.05, 3.63) is 0 Å². The Bertz CT molecular complexity index is 251. The molecule has 11 heavy (non-hydrogen) atoms. The molecule has 0 aromatic rings. The van der Waals surface area contributed by atoms with E-state index in [-0.39, 0.29) is 0 Å². The largest absolute Gasteiger partial charge is 0.450 e. The molecule has 1 atom stereocenters. The summed E-state index contributed by atoms with van der Waals surface area (Å²) in [6.45, 7) is 1.68. The van der Waals surface area contributed by atoms with Crippen LogP contribution in [0.15, 0.2) is 4.36 Å². The van der Waals surface area contributed by atoms with Crippen LogP contribution in [0.1, 0.15) is 13.3 Å². The lowest BCUT2D eigenvalue weighted by Crippen LogP contribution is -2.07. The van der Waals surface area contributed by atoms with E-state index in [9.17, 15) is 13.2 Å². The van der Waals surface area contributed by atoms with Crippen molar-refractivity contribution >= 4 is 28.2 Å². The zero-order valence-electron chi connectivity index (χ0n) is 5.65. The van der Waals surface area contributed by atoms with Crippen LogP contribution in [0.25, 0.3) is 0 Å². The maximum absolute atomic E-state index is 10.4. The molecule has 0 heterocycles. The predicted octanol–water partition coefficient (Wildman–Crippen LogP) is 1.16. The van der Waals surface area contributed by atoms with Gasteiger partial charge in [0.25, 0.3) is 0 Å². The van der Waals surface area contributed by atoms with Crippen molar-refractivity contribution in [2.45, 2.75) is 18.9 Å². The van der Waals surface area contributed by atoms with E-state index < -0.39 is 22.2 Å². The van der Waals surface area contributed by atoms with Crippen molar-refractivity contribution in [2.24, 2.45) is 4.36 Å². The molecule has 0 radical (unpaired) electrons. The van der Waals surface area contributed by atoms with Gasteiger partial charge in [0.2, 0.25) is 0 Å². The van der Waals surface area contributed by atoms with Gasteiger partial charge in [-0.3, -0.25) is 0 Å². The number of amides is 1. The van der Waals surface area contributed by atoms with Crippen LogP contribution in [-0.4, -0.2) is 20.1 Å². The Balaban J connectivity index is 3.99. The van der Waals surface area contributed by atoms with E-state index in [1.54, 1.807) is 6.92 Å². The summed E-state index contributed by atoms with van der Waals surface area (Å²) in [7, 11) is -2.77. The molecule has 64 valence electrons. The fourth-order valence-electron chi connectivity index (χ4n) is 0.275. The average Bonchev–Trinajstić information content (AvgIpc) is 1.85. The van der Waals surface area contributed by atoms with Crippen LogP contribution in [0.3, 0.4) is 0 Å². The van der Waals surface area contributed by atoms with Gasteiger partial charge in [-0.1, -0.05) is 22.9 Å². The van der Waals surface area contributed by atoms with Crippen molar-refractivity contribution in [2.75, 3.05) is 0 Å². The fraction of sp³-hybridized carbons (Fsp3) is 0.750. The molecule has 0 bridgehead atoms. The number of nitrogens with zero attached hydrogens (tertiary/aromatic N) is 1. The molecule has 0 fully saturated rings. The Morgan fingerprint density at radius 3 is 2.64 bits per heavy atom. The van der Waals surface area contributed by atoms with Crippen LogP contribution in [0, 0.1) is 0 Å². The highest BCUT2D eigenvalue weighted by Gasteiger charge is 2.07. The lowest BCUT2D eigenvalue weighted by Gasteiger charge is -2.02. The number of rotatable bonds is 2. The Morgan fingerprint density at radius 2 is 2.27 bits per heavy atom. The highest BCUT2D eigenvalue weighted by Crippen LogP contribution is 2.03. The van der Waals surface area contributed by atoms with Gasteiger partial charge in [-0.25, -0.2) is 4.79 Å². The molecule has 0 spiro atoms. The van der Waals surface area contributed by atoms with Gasteiger partial charge in [0.15, 0.2) is 5.56 Å². The van der Waals surface area contributed by atoms with E-state index in [1.807, 2.05) is 0 Å². The molecule has 0 aromatic carbocycles. The Hall–Kier alpha value is -0.620. The van der Waals surface area contributed by atoms with Gasteiger partial charge in [0.05, 0.1) is 0 Å². The van der Waals surface area contributed by atoms with Crippen molar-refractivity contribution in [1.29, 1.82) is 0 Å². The molecule has 0 rings (SSSR count). The van der Waals surface area contributed by atoms with Gasteiger partial charge < -0.3 is 4.74 Å². The van der Waals surface area contributed by atoms with Crippen LogP contribution in [0.2, 0.25) is 0 Å². The molecule has 1 unspecified atom stereocenters. The lowest BCUT2D eigenvalue weighted by atomic mass is 10.5. The number of carbonyl (C=O) groups is 1. The average molecular weight is 200 g/mol. The lowest BCUT2D eigenvalue weighted by molar-refractivity contribution is 0.142. The van der Waals surface area contributed by atoms with Gasteiger partial charge in [0, 0.05) is 0 Å². The summed E-state index contributed by atoms with van der Waals surface area (Å²) in [6.07, 6.45) is -0.797. The number of carbonyl (C=O) groups excluding carboxylic acids is 1. The predicted molar refractivity (Wildman–Crippen MR) is 37.8 cm³/mol. The van der Waals surface area contributed by atoms with Gasteiger partial charge in [-0.05, 0) is 6.42 Å². The summed E-state index contributed by atoms with van der Waals surface area (Å²) in [5.74, 6) is 0. The monoisotopic (exact) mass is 199 g/mol. The summed E-state index contributed by atoms with van der Waals surface area (Å²) in [5.41, 5.74) is -0.824. The second kappa shape index (κ2) is 5.09. The fourth-order valence-corrected chi connectivity index (χ4v) is 0.516. The van der Waals surface area contributed by atoms with Crippen LogP contribution in [0.4, 0.5) is 4.79 Å². The standard InChI is InChI=1S/C4H6ClNO4S/c1-2-3(5)10-4(7)6-11(8)9/h3H,2H2,1H3. The van der Waals surface area contributed by atoms with E-state index >= 15 is 0 Å². The number of hydrogen-bond acceptors (Lipinski definition) is 4. The quantitative estimate of drug-likeness (QED) is 0.626. The smallest absolute Gasteiger partial charge is 0.428 e. The summed E-state index contributed by atoms with van der Waals surface area (Å²) >= 11 is 5.34. The molecule has 0 N–H and O–H groups in total. The molecule has 5 nitrogen and oxygen atoms in total. The zero-order chi connectivity index (χ0) is 8.85. The molecule has 7 heteroatoms. The van der Waals surface area contributed by atoms with Gasteiger partial charge in [-0.2, -0.15) is 8.42 Å². The number of alkyl halides is 1. The topological polar surface area (TPSA) is 72.8 Å². The van der Waals surface area contributed by atoms with Crippen molar-refractivity contribution in [1.82, 2.24) is 0 Å².